The molecule has 0 aliphatic carbocycles. The Morgan fingerprint density at radius 2 is 2.67 bits per heavy atom. The maximum atomic E-state index is 9.24. The summed E-state index contributed by atoms with van der Waals surface area (Å²) in [6.07, 6.45) is 0.661. The minimum Gasteiger partial charge on any atom is -0.358 e. The predicted octanol–water partition coefficient (Wildman–Crippen LogP) is 0.468. The zero-order chi connectivity index (χ0) is 4.83. The molecule has 0 aromatic rings. The third-order valence-electron chi connectivity index (χ3n) is 0.137. The van der Waals surface area contributed by atoms with Gasteiger partial charge in [-0.3, -0.25) is 0 Å². The highest BCUT2D eigenvalue weighted by atomic mass is 31.1. The van der Waals surface area contributed by atoms with Gasteiger partial charge < -0.3 is 10.1 Å². The van der Waals surface area contributed by atoms with E-state index in [1.54, 1.807) is 0 Å². The van der Waals surface area contributed by atoms with Crippen LogP contribution in [0.25, 0.3) is 5.53 Å². The van der Waals surface area contributed by atoms with Crippen LogP contribution in [0.3, 0.4) is 0 Å². The van der Waals surface area contributed by atoms with Gasteiger partial charge in [0, 0.05) is 0 Å². The number of nitrogens with zero attached hydrogens (tertiary/aromatic N) is 2. The maximum Gasteiger partial charge on any atom is 0.448 e. The van der Waals surface area contributed by atoms with Gasteiger partial charge in [-0.2, -0.15) is 0 Å². The van der Waals surface area contributed by atoms with E-state index >= 15 is 0 Å². The highest BCUT2D eigenvalue weighted by Crippen LogP contribution is 1.85. The van der Waals surface area contributed by atoms with Crippen LogP contribution in [0.4, 0.5) is 0 Å². The lowest BCUT2D eigenvalue weighted by molar-refractivity contribution is -0.0139. The Hall–Kier alpha value is -0.720. The van der Waals surface area contributed by atoms with Crippen molar-refractivity contribution in [3.63, 3.8) is 0 Å². The lowest BCUT2D eigenvalue weighted by atomic mass is 11.6. The zero-order valence-corrected chi connectivity index (χ0v) is 3.63. The topological polar surface area (TPSA) is 62.7 Å². The normalized spacial score (nSPS) is 6.67. The van der Waals surface area contributed by atoms with Crippen LogP contribution in [0.15, 0.2) is 0 Å². The summed E-state index contributed by atoms with van der Waals surface area (Å²) in [5.41, 5.74) is 7.50. The molecule has 0 aliphatic heterocycles. The summed E-state index contributed by atoms with van der Waals surface area (Å²) in [7, 11) is -0.514. The van der Waals surface area contributed by atoms with Gasteiger partial charge in [0.15, 0.2) is 0 Å². The minimum atomic E-state index is -0.514. The van der Waals surface area contributed by atoms with Gasteiger partial charge in [-0.15, -0.1) is 4.79 Å². The Morgan fingerprint density at radius 3 is 2.83 bits per heavy atom. The molecule has 0 radical (unpaired) electrons. The fourth-order valence-electron chi connectivity index (χ4n) is 0.0403. The van der Waals surface area contributed by atoms with E-state index in [0.717, 1.165) is 0 Å². The first kappa shape index (κ1) is 5.28. The molecule has 0 N–H and O–H groups in total. The van der Waals surface area contributed by atoms with Gasteiger partial charge in [0.05, 0.1) is 0 Å². The first-order chi connectivity index (χ1) is 2.91. The third kappa shape index (κ3) is 3.28. The van der Waals surface area contributed by atoms with Gasteiger partial charge in [-0.25, -0.2) is 4.57 Å². The van der Waals surface area contributed by atoms with Crippen molar-refractivity contribution in [2.24, 2.45) is 0 Å². The quantitative estimate of drug-likeness (QED) is 0.168. The van der Waals surface area contributed by atoms with Gasteiger partial charge in [0.25, 0.3) is 0 Å². The third-order valence-corrected chi connectivity index (χ3v) is 0.318. The van der Waals surface area contributed by atoms with Gasteiger partial charge in [-0.1, -0.05) is 0 Å². The van der Waals surface area contributed by atoms with Crippen molar-refractivity contribution in [3.05, 3.63) is 5.53 Å². The second-order valence-corrected chi connectivity index (χ2v) is 0.761. The van der Waals surface area contributed by atoms with E-state index in [1.165, 1.54) is 0 Å². The molecule has 0 saturated carbocycles. The standard InChI is InChI=1S/CHN2O2P/c2-3-1-5-6-4/h1H. The van der Waals surface area contributed by atoms with Crippen molar-refractivity contribution in [1.29, 1.82) is 0 Å². The molecule has 0 fully saturated rings. The van der Waals surface area contributed by atoms with E-state index in [1.807, 2.05) is 0 Å². The van der Waals surface area contributed by atoms with Crippen molar-refractivity contribution in [3.8, 4) is 0 Å². The number of hydrogen-bond donors (Lipinski definition) is 0. The SMILES string of the molecule is [N-]=[N+]=COP=O. The molecule has 0 heterocycles. The molecule has 0 unspecified atom stereocenters. The van der Waals surface area contributed by atoms with Crippen LogP contribution in [0.2, 0.25) is 0 Å². The van der Waals surface area contributed by atoms with Crippen molar-refractivity contribution < 1.29 is 13.9 Å². The smallest absolute Gasteiger partial charge is 0.358 e. The zero-order valence-electron chi connectivity index (χ0n) is 2.74. The predicted molar refractivity (Wildman–Crippen MR) is 18.4 cm³/mol. The first-order valence-corrected chi connectivity index (χ1v) is 1.79. The molecule has 0 saturated heterocycles. The molecule has 5 heteroatoms. The van der Waals surface area contributed by atoms with Gasteiger partial charge in [0.1, 0.15) is 0 Å². The molecule has 0 bridgehead atoms. The van der Waals surface area contributed by atoms with Crippen LogP contribution in [-0.4, -0.2) is 11.2 Å². The van der Waals surface area contributed by atoms with Crippen molar-refractivity contribution in [2.45, 2.75) is 0 Å². The van der Waals surface area contributed by atoms with Crippen LogP contribution in [0, 0.1) is 0 Å². The second-order valence-electron chi connectivity index (χ2n) is 0.401. The fraction of sp³-hybridized carbons (Fsp3) is 0. The molecule has 6 heavy (non-hydrogen) atoms. The van der Waals surface area contributed by atoms with Gasteiger partial charge in [-0.05, 0) is 0 Å². The van der Waals surface area contributed by atoms with Crippen LogP contribution in [-0.2, 0) is 9.09 Å². The minimum absolute atomic E-state index is 0.514. The van der Waals surface area contributed by atoms with Crippen LogP contribution < -0.4 is 0 Å². The Kier molecular flexibility index (Phi) is 3.77. The summed E-state index contributed by atoms with van der Waals surface area (Å²) >= 11 is 0. The summed E-state index contributed by atoms with van der Waals surface area (Å²) in [6, 6.07) is 0. The van der Waals surface area contributed by atoms with Crippen LogP contribution in [0.1, 0.15) is 0 Å². The Morgan fingerprint density at radius 1 is 2.00 bits per heavy atom. The van der Waals surface area contributed by atoms with Gasteiger partial charge >= 0.3 is 15.1 Å². The van der Waals surface area contributed by atoms with Crippen molar-refractivity contribution in [2.75, 3.05) is 0 Å². The van der Waals surface area contributed by atoms with E-state index in [0.29, 0.717) is 6.40 Å². The van der Waals surface area contributed by atoms with E-state index in [9.17, 15) is 4.57 Å². The van der Waals surface area contributed by atoms with E-state index in [2.05, 4.69) is 9.31 Å². The lowest BCUT2D eigenvalue weighted by Gasteiger charge is -1.59. The van der Waals surface area contributed by atoms with E-state index in [-0.39, 0.29) is 0 Å². The molecular formula is CHN2O2P. The van der Waals surface area contributed by atoms with Crippen molar-refractivity contribution >= 4 is 15.1 Å². The van der Waals surface area contributed by atoms with E-state index in [4.69, 9.17) is 5.53 Å². The molecule has 4 nitrogen and oxygen atoms in total. The Labute approximate surface area is 35.6 Å². The molecule has 0 aromatic heterocycles. The van der Waals surface area contributed by atoms with Gasteiger partial charge in [0.2, 0.25) is 0 Å². The average molecular weight is 104 g/mol. The first-order valence-electron chi connectivity index (χ1n) is 1.06. The summed E-state index contributed by atoms with van der Waals surface area (Å²) in [5.74, 6) is 0. The summed E-state index contributed by atoms with van der Waals surface area (Å²) in [4.78, 5) is 2.37. The summed E-state index contributed by atoms with van der Waals surface area (Å²) < 4.78 is 13.1. The Balaban J connectivity index is 3.07. The molecule has 0 aromatic carbocycles. The summed E-state index contributed by atoms with van der Waals surface area (Å²) in [5, 5.41) is 0. The highest BCUT2D eigenvalue weighted by molar-refractivity contribution is 7.18. The molecular weight excluding hydrogens is 103 g/mol. The molecule has 0 spiro atoms. The molecule has 0 atom stereocenters. The van der Waals surface area contributed by atoms with Crippen molar-refractivity contribution in [1.82, 2.24) is 0 Å². The van der Waals surface area contributed by atoms with E-state index < -0.39 is 8.69 Å². The molecule has 0 rings (SSSR count). The number of rotatable bonds is 2. The van der Waals surface area contributed by atoms with Crippen LogP contribution >= 0.6 is 8.69 Å². The number of hydrogen-bond acceptors (Lipinski definition) is 2. The monoisotopic (exact) mass is 104 g/mol. The molecule has 32 valence electrons. The van der Waals surface area contributed by atoms with Crippen LogP contribution in [0.5, 0.6) is 0 Å². The Bertz CT molecular complexity index is 85.5. The maximum absolute atomic E-state index is 9.24. The molecule has 0 aliphatic rings. The average Bonchev–Trinajstić information content (AvgIpc) is 1.61. The second kappa shape index (κ2) is 4.28. The molecule has 0 amide bonds. The highest BCUT2D eigenvalue weighted by Gasteiger charge is 1.70. The largest absolute Gasteiger partial charge is 0.448 e. The lowest BCUT2D eigenvalue weighted by Crippen LogP contribution is -1.65. The summed E-state index contributed by atoms with van der Waals surface area (Å²) in [6.45, 7) is 0. The fourth-order valence-corrected chi connectivity index (χ4v) is 0.121.